The summed E-state index contributed by atoms with van der Waals surface area (Å²) in [4.78, 5) is 15.5. The van der Waals surface area contributed by atoms with Crippen molar-refractivity contribution in [2.45, 2.75) is 27.7 Å². The van der Waals surface area contributed by atoms with Gasteiger partial charge in [-0.25, -0.2) is 9.18 Å². The van der Waals surface area contributed by atoms with E-state index in [1.807, 2.05) is 6.92 Å². The largest absolute Gasteiger partial charge is 0.478 e. The van der Waals surface area contributed by atoms with E-state index in [9.17, 15) is 14.3 Å². The van der Waals surface area contributed by atoms with E-state index >= 15 is 0 Å². The fraction of sp³-hybridized carbons (Fsp3) is 0.211. The Bertz CT molecular complexity index is 966. The van der Waals surface area contributed by atoms with E-state index in [4.69, 9.17) is 4.52 Å². The van der Waals surface area contributed by atoms with Crippen LogP contribution in [-0.4, -0.2) is 21.2 Å². The first-order valence-electron chi connectivity index (χ1n) is 7.73. The maximum absolute atomic E-state index is 14.6. The first kappa shape index (κ1) is 16.8. The third-order valence-corrected chi connectivity index (χ3v) is 4.19. The fourth-order valence-electron chi connectivity index (χ4n) is 2.79. The second kappa shape index (κ2) is 6.12. The topological polar surface area (TPSA) is 76.2 Å². The van der Waals surface area contributed by atoms with Gasteiger partial charge in [-0.2, -0.15) is 4.98 Å². The van der Waals surface area contributed by atoms with Gasteiger partial charge in [-0.3, -0.25) is 0 Å². The average molecular weight is 340 g/mol. The Morgan fingerprint density at radius 1 is 1.08 bits per heavy atom. The Morgan fingerprint density at radius 3 is 2.48 bits per heavy atom. The van der Waals surface area contributed by atoms with Crippen LogP contribution < -0.4 is 0 Å². The molecular formula is C19H17FN2O3. The zero-order chi connectivity index (χ0) is 18.3. The quantitative estimate of drug-likeness (QED) is 0.761. The predicted molar refractivity (Wildman–Crippen MR) is 91.0 cm³/mol. The molecule has 0 saturated carbocycles. The average Bonchev–Trinajstić information content (AvgIpc) is 3.02. The van der Waals surface area contributed by atoms with Gasteiger partial charge < -0.3 is 9.63 Å². The summed E-state index contributed by atoms with van der Waals surface area (Å²) in [6, 6.07) is 6.55. The summed E-state index contributed by atoms with van der Waals surface area (Å²) in [6.07, 6.45) is 0. The molecule has 0 spiro atoms. The molecule has 1 heterocycles. The maximum Gasteiger partial charge on any atom is 0.335 e. The fourth-order valence-corrected chi connectivity index (χ4v) is 2.79. The lowest BCUT2D eigenvalue weighted by molar-refractivity contribution is 0.0697. The molecule has 0 saturated heterocycles. The van der Waals surface area contributed by atoms with E-state index in [-0.39, 0.29) is 22.8 Å². The molecule has 3 rings (SSSR count). The summed E-state index contributed by atoms with van der Waals surface area (Å²) < 4.78 is 19.8. The first-order valence-corrected chi connectivity index (χ1v) is 7.73. The molecule has 0 atom stereocenters. The maximum atomic E-state index is 14.6. The van der Waals surface area contributed by atoms with Crippen LogP contribution in [0.3, 0.4) is 0 Å². The lowest BCUT2D eigenvalue weighted by Gasteiger charge is -2.08. The first-order chi connectivity index (χ1) is 11.8. The van der Waals surface area contributed by atoms with Gasteiger partial charge in [-0.1, -0.05) is 11.2 Å². The number of nitrogens with zero attached hydrogens (tertiary/aromatic N) is 2. The van der Waals surface area contributed by atoms with E-state index in [0.717, 1.165) is 16.7 Å². The zero-order valence-corrected chi connectivity index (χ0v) is 14.3. The summed E-state index contributed by atoms with van der Waals surface area (Å²) in [6.45, 7) is 7.15. The van der Waals surface area contributed by atoms with Gasteiger partial charge in [0.15, 0.2) is 0 Å². The molecule has 6 heteroatoms. The van der Waals surface area contributed by atoms with Crippen molar-refractivity contribution >= 4 is 5.97 Å². The number of carboxylic acids is 1. The molecule has 128 valence electrons. The van der Waals surface area contributed by atoms with Crippen molar-refractivity contribution in [3.63, 3.8) is 0 Å². The highest BCUT2D eigenvalue weighted by Crippen LogP contribution is 2.31. The van der Waals surface area contributed by atoms with E-state index < -0.39 is 11.8 Å². The van der Waals surface area contributed by atoms with Gasteiger partial charge in [0.2, 0.25) is 5.82 Å². The molecule has 0 fully saturated rings. The van der Waals surface area contributed by atoms with Crippen LogP contribution in [0.1, 0.15) is 32.6 Å². The molecule has 0 radical (unpaired) electrons. The molecular weight excluding hydrogens is 323 g/mol. The van der Waals surface area contributed by atoms with E-state index in [1.54, 1.807) is 39.0 Å². The Hall–Kier alpha value is -3.02. The third kappa shape index (κ3) is 3.03. The number of benzene rings is 2. The highest BCUT2D eigenvalue weighted by atomic mass is 19.1. The van der Waals surface area contributed by atoms with Crippen LogP contribution in [0.5, 0.6) is 0 Å². The van der Waals surface area contributed by atoms with Crippen LogP contribution in [-0.2, 0) is 0 Å². The molecule has 0 unspecified atom stereocenters. The minimum Gasteiger partial charge on any atom is -0.478 e. The number of aryl methyl sites for hydroxylation is 3. The van der Waals surface area contributed by atoms with Crippen LogP contribution in [0.2, 0.25) is 0 Å². The van der Waals surface area contributed by atoms with Gasteiger partial charge in [-0.05, 0) is 68.1 Å². The van der Waals surface area contributed by atoms with Crippen molar-refractivity contribution in [2.24, 2.45) is 0 Å². The second-order valence-electron chi connectivity index (χ2n) is 6.14. The number of rotatable bonds is 3. The van der Waals surface area contributed by atoms with Gasteiger partial charge in [-0.15, -0.1) is 0 Å². The van der Waals surface area contributed by atoms with E-state index in [1.165, 1.54) is 6.07 Å². The van der Waals surface area contributed by atoms with Crippen molar-refractivity contribution in [2.75, 3.05) is 0 Å². The third-order valence-electron chi connectivity index (χ3n) is 4.19. The summed E-state index contributed by atoms with van der Waals surface area (Å²) in [7, 11) is 0. The molecule has 25 heavy (non-hydrogen) atoms. The van der Waals surface area contributed by atoms with E-state index in [2.05, 4.69) is 10.1 Å². The minimum atomic E-state index is -1.04. The van der Waals surface area contributed by atoms with Gasteiger partial charge in [0.25, 0.3) is 5.89 Å². The lowest BCUT2D eigenvalue weighted by Crippen LogP contribution is -1.98. The van der Waals surface area contributed by atoms with Gasteiger partial charge in [0.1, 0.15) is 5.82 Å². The molecule has 0 aliphatic rings. The Balaban J connectivity index is 2.13. The van der Waals surface area contributed by atoms with Crippen LogP contribution in [0.25, 0.3) is 22.8 Å². The number of aromatic nitrogens is 2. The second-order valence-corrected chi connectivity index (χ2v) is 6.14. The van der Waals surface area contributed by atoms with Crippen molar-refractivity contribution in [1.82, 2.24) is 10.1 Å². The molecule has 0 bridgehead atoms. The standard InChI is InChI=1S/C19H17FN2O3/c1-9-5-13(8-14(6-9)19(23)24)17-21-18(25-22-17)15-12(4)10(2)7-11(3)16(15)20/h5-8H,1-4H3,(H,23,24). The molecule has 0 aliphatic heterocycles. The van der Waals surface area contributed by atoms with Gasteiger partial charge in [0.05, 0.1) is 11.1 Å². The van der Waals surface area contributed by atoms with Crippen molar-refractivity contribution in [1.29, 1.82) is 0 Å². The predicted octanol–water partition coefficient (Wildman–Crippen LogP) is 4.47. The number of hydrogen-bond donors (Lipinski definition) is 1. The van der Waals surface area contributed by atoms with Crippen molar-refractivity contribution in [3.05, 3.63) is 57.9 Å². The number of hydrogen-bond acceptors (Lipinski definition) is 4. The summed E-state index contributed by atoms with van der Waals surface area (Å²) in [5.74, 6) is -1.13. The zero-order valence-electron chi connectivity index (χ0n) is 14.3. The lowest BCUT2D eigenvalue weighted by atomic mass is 9.99. The van der Waals surface area contributed by atoms with Crippen LogP contribution in [0.4, 0.5) is 4.39 Å². The minimum absolute atomic E-state index is 0.0789. The smallest absolute Gasteiger partial charge is 0.335 e. The molecule has 1 N–H and O–H groups in total. The monoisotopic (exact) mass is 340 g/mol. The van der Waals surface area contributed by atoms with Crippen molar-refractivity contribution < 1.29 is 18.8 Å². The Labute approximate surface area is 144 Å². The molecule has 3 aromatic rings. The number of carboxylic acid groups (broad SMARTS) is 1. The summed E-state index contributed by atoms with van der Waals surface area (Å²) in [5.41, 5.74) is 3.84. The highest BCUT2D eigenvalue weighted by molar-refractivity contribution is 5.89. The summed E-state index contributed by atoms with van der Waals surface area (Å²) >= 11 is 0. The molecule has 2 aromatic carbocycles. The molecule has 5 nitrogen and oxygen atoms in total. The van der Waals surface area contributed by atoms with Crippen LogP contribution in [0.15, 0.2) is 28.8 Å². The van der Waals surface area contributed by atoms with Gasteiger partial charge >= 0.3 is 5.97 Å². The molecule has 0 amide bonds. The Morgan fingerprint density at radius 2 is 1.80 bits per heavy atom. The number of aromatic carboxylic acids is 1. The summed E-state index contributed by atoms with van der Waals surface area (Å²) in [5, 5.41) is 13.1. The molecule has 1 aromatic heterocycles. The highest BCUT2D eigenvalue weighted by Gasteiger charge is 2.20. The Kier molecular flexibility index (Phi) is 4.12. The van der Waals surface area contributed by atoms with Gasteiger partial charge in [0, 0.05) is 5.56 Å². The van der Waals surface area contributed by atoms with E-state index in [0.29, 0.717) is 11.1 Å². The van der Waals surface area contributed by atoms with Crippen LogP contribution >= 0.6 is 0 Å². The number of carbonyl (C=O) groups is 1. The van der Waals surface area contributed by atoms with Crippen LogP contribution in [0, 0.1) is 33.5 Å². The SMILES string of the molecule is Cc1cc(C(=O)O)cc(-c2noc(-c3c(C)c(C)cc(C)c3F)n2)c1. The number of halogens is 1. The molecule has 0 aliphatic carbocycles. The van der Waals surface area contributed by atoms with Crippen molar-refractivity contribution in [3.8, 4) is 22.8 Å². The normalized spacial score (nSPS) is 10.9.